The Balaban J connectivity index is 1.76. The van der Waals surface area contributed by atoms with E-state index >= 15 is 0 Å². The number of likely N-dealkylation sites (tertiary alicyclic amines) is 1. The summed E-state index contributed by atoms with van der Waals surface area (Å²) in [6.07, 6.45) is 3.77. The second-order valence-electron chi connectivity index (χ2n) is 6.74. The molecule has 1 aromatic carbocycles. The molecule has 0 saturated carbocycles. The lowest BCUT2D eigenvalue weighted by molar-refractivity contribution is 0.0737. The van der Waals surface area contributed by atoms with Crippen molar-refractivity contribution in [1.82, 2.24) is 19.7 Å². The van der Waals surface area contributed by atoms with Crippen LogP contribution in [0.1, 0.15) is 46.2 Å². The van der Waals surface area contributed by atoms with Crippen LogP contribution in [-0.2, 0) is 7.05 Å². The number of carbonyl (C=O) groups excluding carboxylic acids is 1. The fraction of sp³-hybridized carbons (Fsp3) is 0.350. The number of carbonyl (C=O) groups is 1. The molecule has 25 heavy (non-hydrogen) atoms. The number of aromatic nitrogens is 3. The first kappa shape index (κ1) is 15.8. The van der Waals surface area contributed by atoms with Gasteiger partial charge in [-0.2, -0.15) is 5.10 Å². The number of hydrogen-bond acceptors (Lipinski definition) is 3. The second-order valence-corrected chi connectivity index (χ2v) is 6.74. The Morgan fingerprint density at radius 1 is 1.20 bits per heavy atom. The molecule has 3 heterocycles. The van der Waals surface area contributed by atoms with E-state index in [1.807, 2.05) is 53.9 Å². The van der Waals surface area contributed by atoms with Gasteiger partial charge in [-0.05, 0) is 44.9 Å². The molecule has 0 radical (unpaired) electrons. The third-order valence-electron chi connectivity index (χ3n) is 5.29. The fourth-order valence-corrected chi connectivity index (χ4v) is 4.03. The van der Waals surface area contributed by atoms with Crippen LogP contribution in [0.3, 0.4) is 0 Å². The highest BCUT2D eigenvalue weighted by molar-refractivity contribution is 6.06. The maximum atomic E-state index is 13.3. The van der Waals surface area contributed by atoms with Gasteiger partial charge in [0.15, 0.2) is 0 Å². The Labute approximate surface area is 147 Å². The number of amides is 1. The van der Waals surface area contributed by atoms with Gasteiger partial charge in [0.1, 0.15) is 0 Å². The SMILES string of the molecule is Cc1nn(C)c(C)c1[C@H]1CCCN1C(=O)c1cccc2ncccc12. The number of rotatable bonds is 2. The van der Waals surface area contributed by atoms with Crippen LogP contribution in [0, 0.1) is 13.8 Å². The average molecular weight is 334 g/mol. The Kier molecular flexibility index (Phi) is 3.79. The second kappa shape index (κ2) is 5.99. The monoisotopic (exact) mass is 334 g/mol. The summed E-state index contributed by atoms with van der Waals surface area (Å²) >= 11 is 0. The van der Waals surface area contributed by atoms with Crippen molar-refractivity contribution in [3.8, 4) is 0 Å². The first-order valence-electron chi connectivity index (χ1n) is 8.72. The Morgan fingerprint density at radius 3 is 2.80 bits per heavy atom. The Morgan fingerprint density at radius 2 is 2.04 bits per heavy atom. The van der Waals surface area contributed by atoms with E-state index < -0.39 is 0 Å². The van der Waals surface area contributed by atoms with E-state index in [2.05, 4.69) is 17.0 Å². The van der Waals surface area contributed by atoms with Crippen molar-refractivity contribution in [3.63, 3.8) is 0 Å². The lowest BCUT2D eigenvalue weighted by Crippen LogP contribution is -2.31. The highest BCUT2D eigenvalue weighted by Gasteiger charge is 2.34. The smallest absolute Gasteiger partial charge is 0.255 e. The van der Waals surface area contributed by atoms with Gasteiger partial charge in [-0.3, -0.25) is 14.5 Å². The third-order valence-corrected chi connectivity index (χ3v) is 5.29. The molecule has 4 rings (SSSR count). The molecule has 0 N–H and O–H groups in total. The number of pyridine rings is 1. The summed E-state index contributed by atoms with van der Waals surface area (Å²) in [6.45, 7) is 4.90. The van der Waals surface area contributed by atoms with Gasteiger partial charge in [-0.25, -0.2) is 0 Å². The predicted octanol–water partition coefficient (Wildman–Crippen LogP) is 3.56. The van der Waals surface area contributed by atoms with E-state index in [9.17, 15) is 4.79 Å². The summed E-state index contributed by atoms with van der Waals surface area (Å²) in [5.74, 6) is 0.0868. The van der Waals surface area contributed by atoms with Crippen molar-refractivity contribution in [3.05, 3.63) is 59.0 Å². The van der Waals surface area contributed by atoms with E-state index in [0.717, 1.165) is 47.2 Å². The summed E-state index contributed by atoms with van der Waals surface area (Å²) in [6, 6.07) is 9.73. The highest BCUT2D eigenvalue weighted by Crippen LogP contribution is 2.37. The topological polar surface area (TPSA) is 51.0 Å². The molecule has 1 saturated heterocycles. The summed E-state index contributed by atoms with van der Waals surface area (Å²) < 4.78 is 1.91. The van der Waals surface area contributed by atoms with E-state index in [1.54, 1.807) is 6.20 Å². The Hall–Kier alpha value is -2.69. The van der Waals surface area contributed by atoms with E-state index in [0.29, 0.717) is 0 Å². The van der Waals surface area contributed by atoms with Gasteiger partial charge in [-0.1, -0.05) is 12.1 Å². The quantitative estimate of drug-likeness (QED) is 0.720. The van der Waals surface area contributed by atoms with Crippen LogP contribution < -0.4 is 0 Å². The van der Waals surface area contributed by atoms with Gasteiger partial charge in [0.2, 0.25) is 0 Å². The zero-order valence-corrected chi connectivity index (χ0v) is 14.9. The lowest BCUT2D eigenvalue weighted by Gasteiger charge is -2.26. The van der Waals surface area contributed by atoms with Gasteiger partial charge in [-0.15, -0.1) is 0 Å². The van der Waals surface area contributed by atoms with Crippen LogP contribution >= 0.6 is 0 Å². The molecule has 1 amide bonds. The van der Waals surface area contributed by atoms with Gasteiger partial charge >= 0.3 is 0 Å². The number of nitrogens with zero attached hydrogens (tertiary/aromatic N) is 4. The fourth-order valence-electron chi connectivity index (χ4n) is 4.03. The minimum Gasteiger partial charge on any atom is -0.331 e. The standard InChI is InChI=1S/C20H22N4O/c1-13-19(14(2)23(3)22-13)18-10-6-12-24(18)20(25)16-7-4-9-17-15(16)8-5-11-21-17/h4-5,7-9,11,18H,6,10,12H2,1-3H3/t18-/m1/s1. The van der Waals surface area contributed by atoms with Crippen LogP contribution in [0.4, 0.5) is 0 Å². The number of hydrogen-bond donors (Lipinski definition) is 0. The van der Waals surface area contributed by atoms with Gasteiger partial charge in [0, 0.05) is 42.0 Å². The van der Waals surface area contributed by atoms with Crippen LogP contribution in [0.25, 0.3) is 10.9 Å². The first-order chi connectivity index (χ1) is 12.1. The number of aryl methyl sites for hydroxylation is 2. The molecule has 2 aromatic heterocycles. The zero-order valence-electron chi connectivity index (χ0n) is 14.9. The predicted molar refractivity (Wildman–Crippen MR) is 97.4 cm³/mol. The molecule has 5 nitrogen and oxygen atoms in total. The maximum Gasteiger partial charge on any atom is 0.255 e. The maximum absolute atomic E-state index is 13.3. The molecule has 1 fully saturated rings. The molecule has 1 aliphatic heterocycles. The van der Waals surface area contributed by atoms with Crippen LogP contribution in [-0.4, -0.2) is 32.1 Å². The van der Waals surface area contributed by atoms with Gasteiger partial charge in [0.05, 0.1) is 17.3 Å². The molecular weight excluding hydrogens is 312 g/mol. The minimum atomic E-state index is 0.0868. The third kappa shape index (κ3) is 2.51. The highest BCUT2D eigenvalue weighted by atomic mass is 16.2. The zero-order chi connectivity index (χ0) is 17.6. The summed E-state index contributed by atoms with van der Waals surface area (Å²) in [5, 5.41) is 5.46. The number of fused-ring (bicyclic) bond motifs is 1. The van der Waals surface area contributed by atoms with E-state index in [-0.39, 0.29) is 11.9 Å². The Bertz CT molecular complexity index is 954. The van der Waals surface area contributed by atoms with Gasteiger partial charge < -0.3 is 4.90 Å². The average Bonchev–Trinajstić information content (AvgIpc) is 3.18. The molecule has 0 bridgehead atoms. The number of benzene rings is 1. The van der Waals surface area contributed by atoms with Crippen molar-refractivity contribution in [2.75, 3.05) is 6.54 Å². The van der Waals surface area contributed by atoms with Crippen LogP contribution in [0.15, 0.2) is 36.5 Å². The van der Waals surface area contributed by atoms with Crippen molar-refractivity contribution >= 4 is 16.8 Å². The molecule has 1 atom stereocenters. The van der Waals surface area contributed by atoms with E-state index in [4.69, 9.17) is 0 Å². The van der Waals surface area contributed by atoms with Crippen molar-refractivity contribution in [2.45, 2.75) is 32.7 Å². The van der Waals surface area contributed by atoms with Crippen LogP contribution in [0.2, 0.25) is 0 Å². The van der Waals surface area contributed by atoms with E-state index in [1.165, 1.54) is 5.56 Å². The largest absolute Gasteiger partial charge is 0.331 e. The molecule has 0 spiro atoms. The van der Waals surface area contributed by atoms with Gasteiger partial charge in [0.25, 0.3) is 5.91 Å². The summed E-state index contributed by atoms with van der Waals surface area (Å²) in [4.78, 5) is 19.7. The lowest BCUT2D eigenvalue weighted by atomic mass is 10.0. The molecule has 128 valence electrons. The molecule has 1 aliphatic rings. The first-order valence-corrected chi connectivity index (χ1v) is 8.72. The van der Waals surface area contributed by atoms with Crippen LogP contribution in [0.5, 0.6) is 0 Å². The molecule has 5 heteroatoms. The molecular formula is C20H22N4O. The normalized spacial score (nSPS) is 17.4. The van der Waals surface area contributed by atoms with Crippen molar-refractivity contribution < 1.29 is 4.79 Å². The molecule has 3 aromatic rings. The molecule has 0 aliphatic carbocycles. The van der Waals surface area contributed by atoms with Crippen molar-refractivity contribution in [2.24, 2.45) is 7.05 Å². The van der Waals surface area contributed by atoms with Crippen molar-refractivity contribution in [1.29, 1.82) is 0 Å². The molecule has 0 unspecified atom stereocenters. The summed E-state index contributed by atoms with van der Waals surface area (Å²) in [7, 11) is 1.96. The minimum absolute atomic E-state index is 0.0868. The summed E-state index contributed by atoms with van der Waals surface area (Å²) in [5.41, 5.74) is 4.95.